The highest BCUT2D eigenvalue weighted by Crippen LogP contribution is 2.25. The number of hydrogen-bond donors (Lipinski definition) is 1. The van der Waals surface area contributed by atoms with E-state index in [2.05, 4.69) is 4.98 Å². The zero-order valence-electron chi connectivity index (χ0n) is 7.22. The number of nitrogens with two attached hydrogens (primary N) is 1. The third kappa shape index (κ3) is 1.98. The van der Waals surface area contributed by atoms with E-state index >= 15 is 0 Å². The van der Waals surface area contributed by atoms with E-state index in [1.54, 1.807) is 0 Å². The molecule has 0 amide bonds. The second kappa shape index (κ2) is 3.88. The third-order valence-electron chi connectivity index (χ3n) is 1.75. The summed E-state index contributed by atoms with van der Waals surface area (Å²) in [5.74, 6) is -0.144. The van der Waals surface area contributed by atoms with Crippen molar-refractivity contribution in [3.05, 3.63) is 22.9 Å². The molecule has 0 spiro atoms. The van der Waals surface area contributed by atoms with Gasteiger partial charge in [-0.2, -0.15) is 0 Å². The van der Waals surface area contributed by atoms with Crippen LogP contribution in [0.4, 0.5) is 14.6 Å². The minimum Gasteiger partial charge on any atom is -0.384 e. The first-order valence-corrected chi connectivity index (χ1v) is 4.06. The fourth-order valence-corrected chi connectivity index (χ4v) is 1.26. The molecule has 0 aromatic carbocycles. The predicted octanol–water partition coefficient (Wildman–Crippen LogP) is 2.29. The number of nitrogens with zero attached hydrogens (tertiary/aromatic N) is 1. The minimum atomic E-state index is -2.77. The van der Waals surface area contributed by atoms with E-state index in [1.165, 1.54) is 13.0 Å². The van der Waals surface area contributed by atoms with Gasteiger partial charge >= 0.3 is 0 Å². The molecule has 76 valence electrons. The molecule has 0 fully saturated rings. The molecule has 1 rings (SSSR count). The topological polar surface area (TPSA) is 56.0 Å². The van der Waals surface area contributed by atoms with Gasteiger partial charge < -0.3 is 5.73 Å². The summed E-state index contributed by atoms with van der Waals surface area (Å²) in [6.07, 6.45) is -2.77. The van der Waals surface area contributed by atoms with Gasteiger partial charge in [0.15, 0.2) is 0 Å². The Hall–Kier alpha value is -1.23. The van der Waals surface area contributed by atoms with E-state index < -0.39 is 17.4 Å². The Morgan fingerprint density at radius 1 is 1.64 bits per heavy atom. The molecule has 3 nitrogen and oxygen atoms in total. The van der Waals surface area contributed by atoms with Gasteiger partial charge in [-0.1, -0.05) is 0 Å². The van der Waals surface area contributed by atoms with Crippen LogP contribution < -0.4 is 5.73 Å². The number of alkyl halides is 2. The predicted molar refractivity (Wildman–Crippen MR) is 48.5 cm³/mol. The van der Waals surface area contributed by atoms with Crippen LogP contribution in [0.2, 0.25) is 0 Å². The van der Waals surface area contributed by atoms with Crippen LogP contribution in [0.25, 0.3) is 0 Å². The summed E-state index contributed by atoms with van der Waals surface area (Å²) in [6, 6.07) is 1.18. The number of hydrogen-bond acceptors (Lipinski definition) is 3. The first-order valence-electron chi connectivity index (χ1n) is 3.68. The van der Waals surface area contributed by atoms with Crippen molar-refractivity contribution in [3.8, 4) is 0 Å². The normalized spacial score (nSPS) is 10.6. The lowest BCUT2D eigenvalue weighted by atomic mass is 10.1. The fourth-order valence-electron chi connectivity index (χ4n) is 1.07. The Balaban J connectivity index is 3.40. The minimum absolute atomic E-state index is 0.0329. The Labute approximate surface area is 83.9 Å². The Morgan fingerprint density at radius 3 is 2.64 bits per heavy atom. The van der Waals surface area contributed by atoms with Gasteiger partial charge in [-0.25, -0.2) is 13.8 Å². The Morgan fingerprint density at radius 2 is 2.21 bits per heavy atom. The molecular weight excluding hydrogens is 214 g/mol. The maximum absolute atomic E-state index is 12.4. The first kappa shape index (κ1) is 10.8. The van der Waals surface area contributed by atoms with E-state index in [4.69, 9.17) is 17.3 Å². The van der Waals surface area contributed by atoms with Crippen molar-refractivity contribution in [2.75, 3.05) is 5.73 Å². The van der Waals surface area contributed by atoms with Gasteiger partial charge in [-0.05, 0) is 30.2 Å². The highest BCUT2D eigenvalue weighted by atomic mass is 35.5. The van der Waals surface area contributed by atoms with Crippen molar-refractivity contribution in [3.63, 3.8) is 0 Å². The van der Waals surface area contributed by atoms with Crippen LogP contribution in [0, 0.1) is 6.92 Å². The summed E-state index contributed by atoms with van der Waals surface area (Å²) < 4.78 is 24.8. The highest BCUT2D eigenvalue weighted by Gasteiger charge is 2.18. The van der Waals surface area contributed by atoms with E-state index in [0.29, 0.717) is 0 Å². The molecule has 14 heavy (non-hydrogen) atoms. The molecule has 0 aliphatic carbocycles. The van der Waals surface area contributed by atoms with Crippen molar-refractivity contribution in [1.29, 1.82) is 0 Å². The number of nitrogen functional groups attached to an aromatic ring is 1. The van der Waals surface area contributed by atoms with Crippen molar-refractivity contribution < 1.29 is 13.6 Å². The van der Waals surface area contributed by atoms with Gasteiger partial charge in [0.2, 0.25) is 0 Å². The van der Waals surface area contributed by atoms with Gasteiger partial charge in [-0.15, -0.1) is 0 Å². The maximum Gasteiger partial charge on any atom is 0.280 e. The molecule has 1 aromatic heterocycles. The van der Waals surface area contributed by atoms with Crippen LogP contribution in [-0.2, 0) is 0 Å². The van der Waals surface area contributed by atoms with Crippen LogP contribution in [0.1, 0.15) is 28.0 Å². The van der Waals surface area contributed by atoms with Crippen molar-refractivity contribution >= 4 is 22.7 Å². The summed E-state index contributed by atoms with van der Waals surface area (Å²) in [5.41, 5.74) is 4.77. The summed E-state index contributed by atoms with van der Waals surface area (Å²) >= 11 is 5.19. The average molecular weight is 221 g/mol. The summed E-state index contributed by atoms with van der Waals surface area (Å²) in [7, 11) is 0. The van der Waals surface area contributed by atoms with Gasteiger partial charge in [-0.3, -0.25) is 4.79 Å². The summed E-state index contributed by atoms with van der Waals surface area (Å²) in [5, 5.41) is -0.821. The van der Waals surface area contributed by atoms with Gasteiger partial charge in [0.25, 0.3) is 11.7 Å². The van der Waals surface area contributed by atoms with Gasteiger partial charge in [0, 0.05) is 5.56 Å². The fraction of sp³-hybridized carbons (Fsp3) is 0.250. The van der Waals surface area contributed by atoms with E-state index in [0.717, 1.165) is 0 Å². The second-order valence-corrected chi connectivity index (χ2v) is 3.02. The number of carbonyl (C=O) groups is 1. The number of anilines is 1. The SMILES string of the molecule is Cc1c(C(=O)Cl)cc(N)nc1C(F)F. The van der Waals surface area contributed by atoms with Crippen LogP contribution in [-0.4, -0.2) is 10.2 Å². The molecule has 0 aliphatic heterocycles. The molecule has 0 saturated heterocycles. The van der Waals surface area contributed by atoms with Crippen LogP contribution in [0.5, 0.6) is 0 Å². The monoisotopic (exact) mass is 220 g/mol. The van der Waals surface area contributed by atoms with E-state index in [-0.39, 0.29) is 16.9 Å². The van der Waals surface area contributed by atoms with Gasteiger partial charge in [0.05, 0.1) is 0 Å². The number of pyridine rings is 1. The molecule has 1 aromatic rings. The van der Waals surface area contributed by atoms with E-state index in [1.807, 2.05) is 0 Å². The van der Waals surface area contributed by atoms with E-state index in [9.17, 15) is 13.6 Å². The van der Waals surface area contributed by atoms with Gasteiger partial charge in [0.1, 0.15) is 11.5 Å². The number of rotatable bonds is 2. The molecule has 6 heteroatoms. The summed E-state index contributed by atoms with van der Waals surface area (Å²) in [4.78, 5) is 14.3. The zero-order valence-corrected chi connectivity index (χ0v) is 7.98. The van der Waals surface area contributed by atoms with Crippen LogP contribution >= 0.6 is 11.6 Å². The zero-order chi connectivity index (χ0) is 10.9. The first-order chi connectivity index (χ1) is 6.43. The van der Waals surface area contributed by atoms with Crippen molar-refractivity contribution in [2.45, 2.75) is 13.3 Å². The molecule has 0 unspecified atom stereocenters. The Bertz CT molecular complexity index is 382. The number of aromatic nitrogens is 1. The smallest absolute Gasteiger partial charge is 0.280 e. The molecule has 0 bridgehead atoms. The van der Waals surface area contributed by atoms with Crippen LogP contribution in [0.15, 0.2) is 6.07 Å². The quantitative estimate of drug-likeness (QED) is 0.778. The van der Waals surface area contributed by atoms with Crippen LogP contribution in [0.3, 0.4) is 0 Å². The molecule has 0 radical (unpaired) electrons. The molecule has 2 N–H and O–H groups in total. The maximum atomic E-state index is 12.4. The lowest BCUT2D eigenvalue weighted by molar-refractivity contribution is 0.107. The van der Waals surface area contributed by atoms with Crippen molar-refractivity contribution in [1.82, 2.24) is 4.98 Å². The largest absolute Gasteiger partial charge is 0.384 e. The Kier molecular flexibility index (Phi) is 3.00. The molecule has 0 atom stereocenters. The lowest BCUT2D eigenvalue weighted by Gasteiger charge is -2.07. The van der Waals surface area contributed by atoms with Crippen molar-refractivity contribution in [2.24, 2.45) is 0 Å². The second-order valence-electron chi connectivity index (χ2n) is 2.68. The average Bonchev–Trinajstić information content (AvgIpc) is 2.07. The molecular formula is C8H7ClF2N2O. The molecule has 1 heterocycles. The third-order valence-corrected chi connectivity index (χ3v) is 1.95. The number of carbonyl (C=O) groups excluding carboxylic acids is 1. The molecule has 0 aliphatic rings. The number of halogens is 3. The highest BCUT2D eigenvalue weighted by molar-refractivity contribution is 6.68. The standard InChI is InChI=1S/C8H7ClF2N2O/c1-3-4(7(9)14)2-5(12)13-6(3)8(10)11/h2,8H,1H3,(H2,12,13). The molecule has 0 saturated carbocycles. The summed E-state index contributed by atoms with van der Waals surface area (Å²) in [6.45, 7) is 1.35. The lowest BCUT2D eigenvalue weighted by Crippen LogP contribution is -2.05.